The van der Waals surface area contributed by atoms with Gasteiger partial charge in [0.25, 0.3) is 0 Å². The number of hydrogen-bond donors (Lipinski definition) is 0. The van der Waals surface area contributed by atoms with Crippen LogP contribution in [0.1, 0.15) is 6.92 Å². The summed E-state index contributed by atoms with van der Waals surface area (Å²) in [6.45, 7) is 1.33. The molecule has 5 heteroatoms. The molecule has 0 radical (unpaired) electrons. The highest BCUT2D eigenvalue weighted by Crippen LogP contribution is 2.25. The molecule has 0 atom stereocenters. The average Bonchev–Trinajstić information content (AvgIpc) is 2.54. The van der Waals surface area contributed by atoms with Gasteiger partial charge in [-0.05, 0) is 42.0 Å². The van der Waals surface area contributed by atoms with E-state index in [0.29, 0.717) is 28.2 Å². The summed E-state index contributed by atoms with van der Waals surface area (Å²) in [4.78, 5) is 23.1. The van der Waals surface area contributed by atoms with Gasteiger partial charge in [0, 0.05) is 12.3 Å². The van der Waals surface area contributed by atoms with Crippen LogP contribution in [0.2, 0.25) is 0 Å². The van der Waals surface area contributed by atoms with Gasteiger partial charge < -0.3 is 13.9 Å². The Morgan fingerprint density at radius 1 is 1.00 bits per heavy atom. The molecule has 0 aliphatic carbocycles. The van der Waals surface area contributed by atoms with Gasteiger partial charge in [0.15, 0.2) is 0 Å². The molecule has 3 aromatic rings. The standard InChI is InChI=1S/C18H14O5/c1-11(19)22-14-5-3-12(4-6-14)16-10-13-9-15(21-2)7-8-17(13)23-18(16)20/h3-10H,1-2H3. The van der Waals surface area contributed by atoms with Gasteiger partial charge in [0.2, 0.25) is 0 Å². The SMILES string of the molecule is COc1ccc2oc(=O)c(-c3ccc(OC(C)=O)cc3)cc2c1. The van der Waals surface area contributed by atoms with Gasteiger partial charge in [0.05, 0.1) is 12.7 Å². The lowest BCUT2D eigenvalue weighted by Gasteiger charge is -2.06. The molecule has 0 saturated heterocycles. The van der Waals surface area contributed by atoms with Crippen molar-refractivity contribution in [2.75, 3.05) is 7.11 Å². The van der Waals surface area contributed by atoms with E-state index in [-0.39, 0.29) is 0 Å². The van der Waals surface area contributed by atoms with E-state index in [1.807, 2.05) is 0 Å². The van der Waals surface area contributed by atoms with Gasteiger partial charge in [-0.25, -0.2) is 4.79 Å². The van der Waals surface area contributed by atoms with Crippen LogP contribution in [-0.2, 0) is 4.79 Å². The zero-order valence-electron chi connectivity index (χ0n) is 12.7. The number of benzene rings is 2. The Labute approximate surface area is 132 Å². The van der Waals surface area contributed by atoms with Crippen LogP contribution in [0.5, 0.6) is 11.5 Å². The minimum absolute atomic E-state index is 0.393. The molecular formula is C18H14O5. The monoisotopic (exact) mass is 310 g/mol. The quantitative estimate of drug-likeness (QED) is 0.421. The first-order valence-electron chi connectivity index (χ1n) is 6.97. The van der Waals surface area contributed by atoms with Crippen molar-refractivity contribution in [1.29, 1.82) is 0 Å². The Bertz CT molecular complexity index is 922. The number of esters is 1. The predicted molar refractivity (Wildman–Crippen MR) is 85.8 cm³/mol. The van der Waals surface area contributed by atoms with Crippen LogP contribution in [-0.4, -0.2) is 13.1 Å². The summed E-state index contributed by atoms with van der Waals surface area (Å²) in [5, 5.41) is 0.767. The number of hydrogen-bond acceptors (Lipinski definition) is 5. The second kappa shape index (κ2) is 5.96. The number of carbonyl (C=O) groups excluding carboxylic acids is 1. The lowest BCUT2D eigenvalue weighted by Crippen LogP contribution is -2.03. The third-order valence-corrected chi connectivity index (χ3v) is 3.37. The van der Waals surface area contributed by atoms with Crippen molar-refractivity contribution < 1.29 is 18.7 Å². The molecule has 0 aliphatic rings. The van der Waals surface area contributed by atoms with E-state index < -0.39 is 11.6 Å². The normalized spacial score (nSPS) is 10.5. The van der Waals surface area contributed by atoms with Crippen LogP contribution in [0.4, 0.5) is 0 Å². The van der Waals surface area contributed by atoms with Gasteiger partial charge in [-0.2, -0.15) is 0 Å². The molecule has 116 valence electrons. The van der Waals surface area contributed by atoms with E-state index in [2.05, 4.69) is 0 Å². The third-order valence-electron chi connectivity index (χ3n) is 3.37. The van der Waals surface area contributed by atoms with Crippen molar-refractivity contribution in [2.45, 2.75) is 6.92 Å². The van der Waals surface area contributed by atoms with E-state index in [1.165, 1.54) is 6.92 Å². The van der Waals surface area contributed by atoms with Gasteiger partial charge in [-0.1, -0.05) is 12.1 Å². The fourth-order valence-electron chi connectivity index (χ4n) is 2.30. The molecule has 1 aromatic heterocycles. The molecule has 0 unspecified atom stereocenters. The first-order valence-corrected chi connectivity index (χ1v) is 6.97. The molecule has 0 bridgehead atoms. The van der Waals surface area contributed by atoms with Crippen molar-refractivity contribution in [2.24, 2.45) is 0 Å². The van der Waals surface area contributed by atoms with Crippen LogP contribution in [0.3, 0.4) is 0 Å². The number of rotatable bonds is 3. The van der Waals surface area contributed by atoms with Gasteiger partial charge in [0.1, 0.15) is 17.1 Å². The summed E-state index contributed by atoms with van der Waals surface area (Å²) in [5.41, 5.74) is 1.18. The Morgan fingerprint density at radius 3 is 2.35 bits per heavy atom. The molecule has 23 heavy (non-hydrogen) atoms. The van der Waals surface area contributed by atoms with E-state index in [4.69, 9.17) is 13.9 Å². The molecule has 5 nitrogen and oxygen atoms in total. The molecule has 0 spiro atoms. The highest BCUT2D eigenvalue weighted by atomic mass is 16.5. The first-order chi connectivity index (χ1) is 11.1. The maximum absolute atomic E-state index is 12.2. The van der Waals surface area contributed by atoms with E-state index in [9.17, 15) is 9.59 Å². The van der Waals surface area contributed by atoms with Crippen molar-refractivity contribution in [1.82, 2.24) is 0 Å². The maximum atomic E-state index is 12.2. The molecule has 0 saturated carbocycles. The Morgan fingerprint density at radius 2 is 1.70 bits per heavy atom. The van der Waals surface area contributed by atoms with Crippen LogP contribution in [0.25, 0.3) is 22.1 Å². The van der Waals surface area contributed by atoms with Gasteiger partial charge in [-0.3, -0.25) is 4.79 Å². The summed E-state index contributed by atoms with van der Waals surface area (Å²) < 4.78 is 15.5. The summed E-state index contributed by atoms with van der Waals surface area (Å²) in [5.74, 6) is 0.714. The van der Waals surface area contributed by atoms with Crippen LogP contribution in [0.15, 0.2) is 57.7 Å². The summed E-state index contributed by atoms with van der Waals surface area (Å²) >= 11 is 0. The number of fused-ring (bicyclic) bond motifs is 1. The summed E-state index contributed by atoms with van der Waals surface area (Å²) in [7, 11) is 1.58. The smallest absolute Gasteiger partial charge is 0.344 e. The minimum Gasteiger partial charge on any atom is -0.497 e. The molecule has 0 fully saturated rings. The second-order valence-corrected chi connectivity index (χ2v) is 4.97. The zero-order chi connectivity index (χ0) is 16.4. The maximum Gasteiger partial charge on any atom is 0.344 e. The molecule has 0 aliphatic heterocycles. The Kier molecular flexibility index (Phi) is 3.85. The molecule has 3 rings (SSSR count). The second-order valence-electron chi connectivity index (χ2n) is 4.97. The average molecular weight is 310 g/mol. The first kappa shape index (κ1) is 14.8. The lowest BCUT2D eigenvalue weighted by atomic mass is 10.1. The number of ether oxygens (including phenoxy) is 2. The van der Waals surface area contributed by atoms with Crippen LogP contribution >= 0.6 is 0 Å². The van der Waals surface area contributed by atoms with Crippen LogP contribution < -0.4 is 15.1 Å². The highest BCUT2D eigenvalue weighted by Gasteiger charge is 2.09. The van der Waals surface area contributed by atoms with E-state index in [0.717, 1.165) is 5.39 Å². The predicted octanol–water partition coefficient (Wildman–Crippen LogP) is 3.39. The summed E-state index contributed by atoms with van der Waals surface area (Å²) in [6.07, 6.45) is 0. The fraction of sp³-hybridized carbons (Fsp3) is 0.111. The van der Waals surface area contributed by atoms with Crippen molar-refractivity contribution in [3.05, 3.63) is 59.0 Å². The van der Waals surface area contributed by atoms with Crippen molar-refractivity contribution in [3.63, 3.8) is 0 Å². The largest absolute Gasteiger partial charge is 0.497 e. The fourth-order valence-corrected chi connectivity index (χ4v) is 2.30. The van der Waals surface area contributed by atoms with E-state index >= 15 is 0 Å². The Hall–Kier alpha value is -3.08. The van der Waals surface area contributed by atoms with Gasteiger partial charge in [-0.15, -0.1) is 0 Å². The molecule has 2 aromatic carbocycles. The topological polar surface area (TPSA) is 65.7 Å². The summed E-state index contributed by atoms with van der Waals surface area (Å²) in [6, 6.07) is 13.7. The number of carbonyl (C=O) groups is 1. The molecule has 0 N–H and O–H groups in total. The Balaban J connectivity index is 2.06. The lowest BCUT2D eigenvalue weighted by molar-refractivity contribution is -0.131. The van der Waals surface area contributed by atoms with Crippen LogP contribution in [0, 0.1) is 0 Å². The molecular weight excluding hydrogens is 296 g/mol. The van der Waals surface area contributed by atoms with Crippen molar-refractivity contribution >= 4 is 16.9 Å². The van der Waals surface area contributed by atoms with E-state index in [1.54, 1.807) is 55.6 Å². The van der Waals surface area contributed by atoms with Gasteiger partial charge >= 0.3 is 11.6 Å². The number of methoxy groups -OCH3 is 1. The minimum atomic E-state index is -0.428. The molecule has 0 amide bonds. The third kappa shape index (κ3) is 3.08. The van der Waals surface area contributed by atoms with Crippen molar-refractivity contribution in [3.8, 4) is 22.6 Å². The molecule has 1 heterocycles. The zero-order valence-corrected chi connectivity index (χ0v) is 12.7. The highest BCUT2D eigenvalue weighted by molar-refractivity contribution is 5.83.